The Morgan fingerprint density at radius 1 is 1.28 bits per heavy atom. The normalized spacial score (nSPS) is 11.4. The fourth-order valence-electron chi connectivity index (χ4n) is 1.90. The molecule has 0 spiro atoms. The molecule has 0 bridgehead atoms. The predicted molar refractivity (Wildman–Crippen MR) is 72.2 cm³/mol. The number of hydrogen-bond donors (Lipinski definition) is 1. The Morgan fingerprint density at radius 2 is 1.89 bits per heavy atom. The molecule has 3 heteroatoms. The lowest BCUT2D eigenvalue weighted by atomic mass is 9.84. The maximum atomic E-state index is 11.2. The molecular weight excluding hydrogens is 228 g/mol. The van der Waals surface area contributed by atoms with Gasteiger partial charge in [-0.2, -0.15) is 0 Å². The third-order valence-corrected chi connectivity index (χ3v) is 3.14. The van der Waals surface area contributed by atoms with E-state index in [2.05, 4.69) is 0 Å². The van der Waals surface area contributed by atoms with Crippen LogP contribution in [0.3, 0.4) is 0 Å². The summed E-state index contributed by atoms with van der Waals surface area (Å²) in [6, 6.07) is 4.02. The zero-order valence-electron chi connectivity index (χ0n) is 11.8. The number of benzene rings is 1. The molecule has 0 aliphatic carbocycles. The highest BCUT2D eigenvalue weighted by Crippen LogP contribution is 2.28. The standard InChI is InChI=1S/C15H22O3/c1-6-18-13-8-10(2)12(7-11(13)3)9-15(4,5)14(16)17/h7-8H,6,9H2,1-5H3,(H,16,17). The van der Waals surface area contributed by atoms with E-state index in [-0.39, 0.29) is 0 Å². The van der Waals surface area contributed by atoms with Gasteiger partial charge >= 0.3 is 5.97 Å². The molecule has 0 aliphatic rings. The fourth-order valence-corrected chi connectivity index (χ4v) is 1.90. The van der Waals surface area contributed by atoms with E-state index in [9.17, 15) is 9.90 Å². The van der Waals surface area contributed by atoms with E-state index < -0.39 is 11.4 Å². The Bertz CT molecular complexity index is 447. The molecule has 0 heterocycles. The van der Waals surface area contributed by atoms with Crippen molar-refractivity contribution in [3.8, 4) is 5.75 Å². The molecular formula is C15H22O3. The molecule has 0 saturated carbocycles. The van der Waals surface area contributed by atoms with E-state index in [1.165, 1.54) is 0 Å². The average Bonchev–Trinajstić information content (AvgIpc) is 2.25. The van der Waals surface area contributed by atoms with Crippen molar-refractivity contribution in [1.82, 2.24) is 0 Å². The Kier molecular flexibility index (Phi) is 4.38. The van der Waals surface area contributed by atoms with Crippen molar-refractivity contribution >= 4 is 5.97 Å². The maximum Gasteiger partial charge on any atom is 0.309 e. The third kappa shape index (κ3) is 3.25. The van der Waals surface area contributed by atoms with E-state index in [4.69, 9.17) is 4.74 Å². The first-order valence-electron chi connectivity index (χ1n) is 6.24. The average molecular weight is 250 g/mol. The van der Waals surface area contributed by atoms with Gasteiger partial charge in [0.2, 0.25) is 0 Å². The van der Waals surface area contributed by atoms with Crippen molar-refractivity contribution in [3.63, 3.8) is 0 Å². The summed E-state index contributed by atoms with van der Waals surface area (Å²) >= 11 is 0. The summed E-state index contributed by atoms with van der Waals surface area (Å²) in [5, 5.41) is 9.18. The first kappa shape index (κ1) is 14.6. The SMILES string of the molecule is CCOc1cc(C)c(CC(C)(C)C(=O)O)cc1C. The summed E-state index contributed by atoms with van der Waals surface area (Å²) in [6.45, 7) is 10.1. The monoisotopic (exact) mass is 250 g/mol. The second-order valence-corrected chi connectivity index (χ2v) is 5.34. The zero-order valence-corrected chi connectivity index (χ0v) is 11.8. The number of carbonyl (C=O) groups is 1. The second kappa shape index (κ2) is 5.42. The number of carboxylic acid groups (broad SMARTS) is 1. The Hall–Kier alpha value is -1.51. The van der Waals surface area contributed by atoms with Crippen molar-refractivity contribution in [2.45, 2.75) is 41.0 Å². The summed E-state index contributed by atoms with van der Waals surface area (Å²) < 4.78 is 5.53. The predicted octanol–water partition coefficient (Wildman–Crippen LogP) is 3.36. The quantitative estimate of drug-likeness (QED) is 0.871. The van der Waals surface area contributed by atoms with Crippen LogP contribution in [-0.4, -0.2) is 17.7 Å². The van der Waals surface area contributed by atoms with Crippen molar-refractivity contribution in [3.05, 3.63) is 28.8 Å². The minimum Gasteiger partial charge on any atom is -0.494 e. The molecule has 0 fully saturated rings. The topological polar surface area (TPSA) is 46.5 Å². The summed E-state index contributed by atoms with van der Waals surface area (Å²) in [6.07, 6.45) is 0.529. The molecule has 0 unspecified atom stereocenters. The van der Waals surface area contributed by atoms with Crippen LogP contribution < -0.4 is 4.74 Å². The largest absolute Gasteiger partial charge is 0.494 e. The van der Waals surface area contributed by atoms with E-state index in [1.807, 2.05) is 32.9 Å². The van der Waals surface area contributed by atoms with Gasteiger partial charge in [-0.1, -0.05) is 6.07 Å². The fraction of sp³-hybridized carbons (Fsp3) is 0.533. The van der Waals surface area contributed by atoms with Crippen LogP contribution in [-0.2, 0) is 11.2 Å². The molecule has 0 aromatic heterocycles. The third-order valence-electron chi connectivity index (χ3n) is 3.14. The van der Waals surface area contributed by atoms with Gasteiger partial charge in [0.05, 0.1) is 12.0 Å². The summed E-state index contributed by atoms with van der Waals surface area (Å²) in [5.41, 5.74) is 2.46. The number of hydrogen-bond acceptors (Lipinski definition) is 2. The summed E-state index contributed by atoms with van der Waals surface area (Å²) in [7, 11) is 0. The molecule has 0 aliphatic heterocycles. The molecule has 1 rings (SSSR count). The maximum absolute atomic E-state index is 11.2. The molecule has 18 heavy (non-hydrogen) atoms. The van der Waals surface area contributed by atoms with Crippen molar-refractivity contribution in [2.24, 2.45) is 5.41 Å². The van der Waals surface area contributed by atoms with Crippen LogP contribution in [0, 0.1) is 19.3 Å². The second-order valence-electron chi connectivity index (χ2n) is 5.34. The van der Waals surface area contributed by atoms with Crippen LogP contribution in [0.4, 0.5) is 0 Å². The van der Waals surface area contributed by atoms with Gasteiger partial charge in [-0.15, -0.1) is 0 Å². The Labute approximate surface area is 109 Å². The molecule has 1 N–H and O–H groups in total. The minimum atomic E-state index is -0.770. The van der Waals surface area contributed by atoms with Crippen LogP contribution in [0.25, 0.3) is 0 Å². The Balaban J connectivity index is 3.05. The van der Waals surface area contributed by atoms with Crippen LogP contribution in [0.5, 0.6) is 5.75 Å². The number of aliphatic carboxylic acids is 1. The van der Waals surface area contributed by atoms with Crippen molar-refractivity contribution < 1.29 is 14.6 Å². The van der Waals surface area contributed by atoms with Crippen LogP contribution in [0.2, 0.25) is 0 Å². The lowest BCUT2D eigenvalue weighted by molar-refractivity contribution is -0.146. The molecule has 0 atom stereocenters. The van der Waals surface area contributed by atoms with Gasteiger partial charge < -0.3 is 9.84 Å². The lowest BCUT2D eigenvalue weighted by Crippen LogP contribution is -2.26. The highest BCUT2D eigenvalue weighted by atomic mass is 16.5. The Morgan fingerprint density at radius 3 is 2.39 bits per heavy atom. The van der Waals surface area contributed by atoms with Crippen molar-refractivity contribution in [2.75, 3.05) is 6.61 Å². The lowest BCUT2D eigenvalue weighted by Gasteiger charge is -2.21. The van der Waals surface area contributed by atoms with Gasteiger partial charge in [0.1, 0.15) is 5.75 Å². The number of rotatable bonds is 5. The molecule has 1 aromatic rings. The highest BCUT2D eigenvalue weighted by Gasteiger charge is 2.28. The number of aryl methyl sites for hydroxylation is 2. The van der Waals surface area contributed by atoms with Gasteiger partial charge in [-0.25, -0.2) is 0 Å². The van der Waals surface area contributed by atoms with Crippen LogP contribution in [0.15, 0.2) is 12.1 Å². The minimum absolute atomic E-state index is 0.529. The van der Waals surface area contributed by atoms with Gasteiger partial charge in [-0.05, 0) is 63.8 Å². The molecule has 100 valence electrons. The first-order valence-corrected chi connectivity index (χ1v) is 6.24. The molecule has 0 amide bonds. The van der Waals surface area contributed by atoms with E-state index in [0.29, 0.717) is 13.0 Å². The van der Waals surface area contributed by atoms with Crippen LogP contribution in [0.1, 0.15) is 37.5 Å². The van der Waals surface area contributed by atoms with Gasteiger partial charge in [0.15, 0.2) is 0 Å². The molecule has 3 nitrogen and oxygen atoms in total. The van der Waals surface area contributed by atoms with Gasteiger partial charge in [0.25, 0.3) is 0 Å². The van der Waals surface area contributed by atoms with E-state index >= 15 is 0 Å². The molecule has 0 saturated heterocycles. The van der Waals surface area contributed by atoms with E-state index in [1.54, 1.807) is 13.8 Å². The summed E-state index contributed by atoms with van der Waals surface area (Å²) in [5.74, 6) is 0.111. The first-order chi connectivity index (χ1) is 8.27. The van der Waals surface area contributed by atoms with Crippen molar-refractivity contribution in [1.29, 1.82) is 0 Å². The highest BCUT2D eigenvalue weighted by molar-refractivity contribution is 5.74. The number of ether oxygens (including phenoxy) is 1. The van der Waals surface area contributed by atoms with Crippen LogP contribution >= 0.6 is 0 Å². The summed E-state index contributed by atoms with van der Waals surface area (Å²) in [4.78, 5) is 11.2. The zero-order chi connectivity index (χ0) is 13.9. The van der Waals surface area contributed by atoms with Gasteiger partial charge in [0, 0.05) is 0 Å². The number of carboxylic acids is 1. The smallest absolute Gasteiger partial charge is 0.309 e. The molecule has 1 aromatic carbocycles. The van der Waals surface area contributed by atoms with Gasteiger partial charge in [-0.3, -0.25) is 4.79 Å². The molecule has 0 radical (unpaired) electrons. The van der Waals surface area contributed by atoms with E-state index in [0.717, 1.165) is 22.4 Å².